The first-order chi connectivity index (χ1) is 8.60. The van der Waals surface area contributed by atoms with Gasteiger partial charge in [0.25, 0.3) is 0 Å². The van der Waals surface area contributed by atoms with Crippen molar-refractivity contribution in [1.29, 1.82) is 0 Å². The van der Waals surface area contributed by atoms with Gasteiger partial charge in [0.1, 0.15) is 0 Å². The van der Waals surface area contributed by atoms with Crippen LogP contribution in [-0.2, 0) is 20.0 Å². The van der Waals surface area contributed by atoms with Gasteiger partial charge in [0.05, 0.1) is 26.4 Å². The average molecular weight is 272 g/mol. The number of carbonyl (C=O) groups excluding carboxylic acids is 2. The molecule has 1 aromatic heterocycles. The number of carbonyl (C=O) groups is 2. The van der Waals surface area contributed by atoms with Crippen LogP contribution >= 0.6 is 11.8 Å². The maximum absolute atomic E-state index is 11.3. The van der Waals surface area contributed by atoms with E-state index in [9.17, 15) is 9.59 Å². The zero-order valence-corrected chi connectivity index (χ0v) is 11.4. The molecule has 0 saturated heterocycles. The average Bonchev–Trinajstić information content (AvgIpc) is 2.85. The van der Waals surface area contributed by atoms with Crippen LogP contribution in [0.2, 0.25) is 0 Å². The maximum Gasteiger partial charge on any atom is 0.374 e. The summed E-state index contributed by atoms with van der Waals surface area (Å²) in [6.07, 6.45) is 1.45. The molecule has 0 bridgehead atoms. The number of rotatable bonds is 6. The van der Waals surface area contributed by atoms with Crippen molar-refractivity contribution in [1.82, 2.24) is 0 Å². The molecule has 100 valence electrons. The molecule has 1 aromatic rings. The first-order valence-corrected chi connectivity index (χ1v) is 6.55. The Morgan fingerprint density at radius 2 is 2.11 bits per heavy atom. The summed E-state index contributed by atoms with van der Waals surface area (Å²) in [5.74, 6) is 0.532. The molecule has 5 nitrogen and oxygen atoms in total. The minimum atomic E-state index is -0.489. The molecule has 0 fully saturated rings. The lowest BCUT2D eigenvalue weighted by Crippen LogP contribution is -2.15. The molecule has 0 saturated carbocycles. The zero-order valence-electron chi connectivity index (χ0n) is 10.6. The fraction of sp³-hybridized carbons (Fsp3) is 0.500. The molecule has 0 aromatic carbocycles. The lowest BCUT2D eigenvalue weighted by atomic mass is 10.2. The van der Waals surface area contributed by atoms with Gasteiger partial charge >= 0.3 is 11.9 Å². The molecule has 6 heteroatoms. The third-order valence-electron chi connectivity index (χ3n) is 2.35. The Hall–Kier alpha value is -1.43. The summed E-state index contributed by atoms with van der Waals surface area (Å²) < 4.78 is 14.3. The van der Waals surface area contributed by atoms with Crippen molar-refractivity contribution in [2.24, 2.45) is 5.92 Å². The van der Waals surface area contributed by atoms with E-state index >= 15 is 0 Å². The van der Waals surface area contributed by atoms with E-state index in [1.807, 2.05) is 0 Å². The summed E-state index contributed by atoms with van der Waals surface area (Å²) in [7, 11) is 2.68. The predicted octanol–water partition coefficient (Wildman–Crippen LogP) is 2.11. The number of methoxy groups -OCH3 is 2. The lowest BCUT2D eigenvalue weighted by Gasteiger charge is -2.08. The number of esters is 2. The highest BCUT2D eigenvalue weighted by molar-refractivity contribution is 7.98. The van der Waals surface area contributed by atoms with Gasteiger partial charge in [-0.3, -0.25) is 4.79 Å². The van der Waals surface area contributed by atoms with Crippen molar-refractivity contribution in [3.8, 4) is 0 Å². The fourth-order valence-corrected chi connectivity index (χ4v) is 2.39. The molecular formula is C12H16O5S. The highest BCUT2D eigenvalue weighted by Crippen LogP contribution is 2.20. The number of thioether (sulfide) groups is 1. The van der Waals surface area contributed by atoms with E-state index < -0.39 is 5.97 Å². The largest absolute Gasteiger partial charge is 0.469 e. The second kappa shape index (κ2) is 7.10. The van der Waals surface area contributed by atoms with Crippen LogP contribution in [-0.4, -0.2) is 31.9 Å². The van der Waals surface area contributed by atoms with Crippen molar-refractivity contribution in [3.63, 3.8) is 0 Å². The van der Waals surface area contributed by atoms with Crippen molar-refractivity contribution in [2.75, 3.05) is 20.0 Å². The number of hydrogen-bond acceptors (Lipinski definition) is 6. The standard InChI is InChI=1S/C12H16O5S/c1-8(11(13)15-2)6-18-7-9-4-5-17-10(9)12(14)16-3/h4-5,8H,6-7H2,1-3H3. The van der Waals surface area contributed by atoms with Crippen LogP contribution in [0.15, 0.2) is 16.7 Å². The highest BCUT2D eigenvalue weighted by atomic mass is 32.2. The van der Waals surface area contributed by atoms with Gasteiger partial charge in [0.2, 0.25) is 5.76 Å². The molecule has 0 amide bonds. The minimum absolute atomic E-state index is 0.173. The zero-order chi connectivity index (χ0) is 13.5. The number of hydrogen-bond donors (Lipinski definition) is 0. The summed E-state index contributed by atoms with van der Waals surface area (Å²) in [6, 6.07) is 1.72. The summed E-state index contributed by atoms with van der Waals surface area (Å²) in [5.41, 5.74) is 0.768. The Morgan fingerprint density at radius 3 is 2.72 bits per heavy atom. The van der Waals surface area contributed by atoms with E-state index in [4.69, 9.17) is 4.42 Å². The van der Waals surface area contributed by atoms with Crippen LogP contribution in [0.3, 0.4) is 0 Å². The Morgan fingerprint density at radius 1 is 1.39 bits per heavy atom. The van der Waals surface area contributed by atoms with Crippen LogP contribution in [0.5, 0.6) is 0 Å². The molecule has 1 atom stereocenters. The first kappa shape index (κ1) is 14.6. The molecule has 0 radical (unpaired) electrons. The van der Waals surface area contributed by atoms with E-state index in [2.05, 4.69) is 9.47 Å². The predicted molar refractivity (Wildman–Crippen MR) is 67.4 cm³/mol. The van der Waals surface area contributed by atoms with E-state index in [-0.39, 0.29) is 17.6 Å². The van der Waals surface area contributed by atoms with Crippen LogP contribution in [0, 0.1) is 5.92 Å². The van der Waals surface area contributed by atoms with Gasteiger partial charge in [-0.2, -0.15) is 11.8 Å². The first-order valence-electron chi connectivity index (χ1n) is 5.40. The smallest absolute Gasteiger partial charge is 0.374 e. The minimum Gasteiger partial charge on any atom is -0.469 e. The van der Waals surface area contributed by atoms with E-state index in [0.717, 1.165) is 5.56 Å². The summed E-state index contributed by atoms with van der Waals surface area (Å²) in [6.45, 7) is 1.80. The van der Waals surface area contributed by atoms with Gasteiger partial charge in [-0.05, 0) is 6.07 Å². The van der Waals surface area contributed by atoms with Crippen LogP contribution in [0.1, 0.15) is 23.0 Å². The summed E-state index contributed by atoms with van der Waals surface area (Å²) in [4.78, 5) is 22.5. The topological polar surface area (TPSA) is 65.7 Å². The monoisotopic (exact) mass is 272 g/mol. The molecule has 0 aliphatic carbocycles. The van der Waals surface area contributed by atoms with Gasteiger partial charge in [0.15, 0.2) is 0 Å². The maximum atomic E-state index is 11.3. The Kier molecular flexibility index (Phi) is 5.77. The molecule has 1 heterocycles. The molecule has 18 heavy (non-hydrogen) atoms. The van der Waals surface area contributed by atoms with Crippen molar-refractivity contribution in [2.45, 2.75) is 12.7 Å². The van der Waals surface area contributed by atoms with Gasteiger partial charge in [0, 0.05) is 17.1 Å². The quantitative estimate of drug-likeness (QED) is 0.739. The number of ether oxygens (including phenoxy) is 2. The molecule has 0 aliphatic heterocycles. The third-order valence-corrected chi connectivity index (χ3v) is 3.60. The second-order valence-electron chi connectivity index (χ2n) is 3.71. The molecule has 0 aliphatic rings. The fourth-order valence-electron chi connectivity index (χ4n) is 1.34. The molecular weight excluding hydrogens is 256 g/mol. The Labute approximate surface area is 110 Å². The highest BCUT2D eigenvalue weighted by Gasteiger charge is 2.17. The lowest BCUT2D eigenvalue weighted by molar-refractivity contribution is -0.144. The summed E-state index contributed by atoms with van der Waals surface area (Å²) in [5, 5.41) is 0. The molecule has 0 spiro atoms. The normalized spacial score (nSPS) is 11.9. The van der Waals surface area contributed by atoms with E-state index in [1.165, 1.54) is 32.2 Å². The van der Waals surface area contributed by atoms with Crippen LogP contribution < -0.4 is 0 Å². The van der Waals surface area contributed by atoms with Crippen molar-refractivity contribution < 1.29 is 23.5 Å². The van der Waals surface area contributed by atoms with Crippen LogP contribution in [0.4, 0.5) is 0 Å². The van der Waals surface area contributed by atoms with Gasteiger partial charge in [-0.15, -0.1) is 0 Å². The molecule has 0 N–H and O–H groups in total. The van der Waals surface area contributed by atoms with Gasteiger partial charge in [-0.1, -0.05) is 6.92 Å². The number of furan rings is 1. The Balaban J connectivity index is 2.47. The summed E-state index contributed by atoms with van der Waals surface area (Å²) >= 11 is 1.54. The SMILES string of the molecule is COC(=O)c1occc1CSCC(C)C(=O)OC. The van der Waals surface area contributed by atoms with Gasteiger partial charge < -0.3 is 13.9 Å². The molecule has 1 rings (SSSR count). The van der Waals surface area contributed by atoms with Gasteiger partial charge in [-0.25, -0.2) is 4.79 Å². The van der Waals surface area contributed by atoms with Crippen molar-refractivity contribution in [3.05, 3.63) is 23.7 Å². The molecule has 1 unspecified atom stereocenters. The van der Waals surface area contributed by atoms with E-state index in [1.54, 1.807) is 13.0 Å². The third kappa shape index (κ3) is 3.80. The van der Waals surface area contributed by atoms with E-state index in [0.29, 0.717) is 11.5 Å². The Bertz CT molecular complexity index is 412. The van der Waals surface area contributed by atoms with Crippen LogP contribution in [0.25, 0.3) is 0 Å². The second-order valence-corrected chi connectivity index (χ2v) is 4.74. The van der Waals surface area contributed by atoms with Crippen molar-refractivity contribution >= 4 is 23.7 Å².